The summed E-state index contributed by atoms with van der Waals surface area (Å²) >= 11 is 0. The van der Waals surface area contributed by atoms with E-state index in [-0.39, 0.29) is 11.5 Å². The lowest BCUT2D eigenvalue weighted by molar-refractivity contribution is -0.114. The van der Waals surface area contributed by atoms with Gasteiger partial charge >= 0.3 is 0 Å². The molecule has 2 heterocycles. The van der Waals surface area contributed by atoms with Crippen LogP contribution in [-0.2, 0) is 4.79 Å². The summed E-state index contributed by atoms with van der Waals surface area (Å²) in [7, 11) is 0. The number of H-pyrrole nitrogens is 1. The van der Waals surface area contributed by atoms with Gasteiger partial charge in [0, 0.05) is 46.6 Å². The third-order valence-corrected chi connectivity index (χ3v) is 6.47. The van der Waals surface area contributed by atoms with E-state index in [1.807, 2.05) is 24.3 Å². The monoisotopic (exact) mass is 514 g/mol. The number of hydrogen-bond donors (Lipinski definition) is 5. The molecule has 5 rings (SSSR count). The topological polar surface area (TPSA) is 152 Å². The van der Waals surface area contributed by atoms with Crippen molar-refractivity contribution in [3.05, 3.63) is 95.5 Å². The number of rotatable bonds is 8. The Morgan fingerprint density at radius 3 is 2.95 bits per heavy atom. The van der Waals surface area contributed by atoms with Gasteiger partial charge in [-0.05, 0) is 49.1 Å². The number of fused-ring (bicyclic) bond motifs is 1. The Balaban J connectivity index is 1.59. The van der Waals surface area contributed by atoms with Gasteiger partial charge in [0.25, 0.3) is 0 Å². The molecule has 4 aromatic rings. The number of allylic oxidation sites excluding steroid dienone is 3. The molecule has 7 N–H and O–H groups in total. The van der Waals surface area contributed by atoms with Crippen LogP contribution >= 0.6 is 0 Å². The van der Waals surface area contributed by atoms with Gasteiger partial charge in [-0.25, -0.2) is 14.4 Å². The summed E-state index contributed by atoms with van der Waals surface area (Å²) in [6.45, 7) is 2.14. The van der Waals surface area contributed by atoms with Crippen molar-refractivity contribution in [1.29, 1.82) is 0 Å². The van der Waals surface area contributed by atoms with E-state index in [9.17, 15) is 9.90 Å². The first-order valence-electron chi connectivity index (χ1n) is 12.1. The van der Waals surface area contributed by atoms with Crippen molar-refractivity contribution >= 4 is 28.2 Å². The van der Waals surface area contributed by atoms with Crippen molar-refractivity contribution in [2.24, 2.45) is 5.73 Å². The molecule has 0 saturated carbocycles. The van der Waals surface area contributed by atoms with Crippen LogP contribution in [-0.4, -0.2) is 32.6 Å². The Morgan fingerprint density at radius 1 is 1.32 bits per heavy atom. The van der Waals surface area contributed by atoms with Crippen molar-refractivity contribution in [3.8, 4) is 11.5 Å². The maximum absolute atomic E-state index is 15.4. The fourth-order valence-electron chi connectivity index (χ4n) is 4.66. The molecule has 0 radical (unpaired) electrons. The fraction of sp³-hybridized carbons (Fsp3) is 0.179. The molecular weight excluding hydrogens is 487 g/mol. The molecule has 0 spiro atoms. The summed E-state index contributed by atoms with van der Waals surface area (Å²) in [5.41, 5.74) is 13.4. The number of aromatic nitrogens is 3. The summed E-state index contributed by atoms with van der Waals surface area (Å²) in [6.07, 6.45) is 9.24. The van der Waals surface area contributed by atoms with Gasteiger partial charge in [0.2, 0.25) is 5.91 Å². The standard InChI is InChI=1S/C28H27FN6O3/c1-2-38-17-12-21(24(29)23(36)13-17)25(34-16-7-8-18-15(11-16)9-10-32-26(18)30)28-33-14-22(35-28)19-5-3-4-6-20(19)27(31)37/h3-4,6-14,19,25,34,36H,2,5H2,1H3,(H2,30,32)(H2,31,37)(H,33,35). The van der Waals surface area contributed by atoms with Gasteiger partial charge in [-0.3, -0.25) is 4.79 Å². The van der Waals surface area contributed by atoms with Crippen LogP contribution in [0.5, 0.6) is 11.5 Å². The number of carbonyl (C=O) groups is 1. The van der Waals surface area contributed by atoms with Gasteiger partial charge in [-0.2, -0.15) is 0 Å². The van der Waals surface area contributed by atoms with Gasteiger partial charge in [-0.15, -0.1) is 0 Å². The molecule has 2 atom stereocenters. The van der Waals surface area contributed by atoms with E-state index in [0.717, 1.165) is 10.8 Å². The molecule has 194 valence electrons. The number of phenolic OH excluding ortho intramolecular Hbond substituents is 1. The SMILES string of the molecule is CCOc1cc(O)c(F)c(C(Nc2ccc3c(N)nccc3c2)c2nc(C3CC=CC=C3C(N)=O)c[nH]2)c1. The third-order valence-electron chi connectivity index (χ3n) is 6.47. The molecule has 38 heavy (non-hydrogen) atoms. The number of primary amides is 1. The Kier molecular flexibility index (Phi) is 6.69. The van der Waals surface area contributed by atoms with Gasteiger partial charge in [0.05, 0.1) is 12.3 Å². The van der Waals surface area contributed by atoms with Crippen LogP contribution in [0.25, 0.3) is 10.8 Å². The van der Waals surface area contributed by atoms with E-state index < -0.39 is 23.5 Å². The number of pyridine rings is 1. The summed E-state index contributed by atoms with van der Waals surface area (Å²) < 4.78 is 21.0. The van der Waals surface area contributed by atoms with E-state index >= 15 is 4.39 Å². The molecule has 2 unspecified atom stereocenters. The number of nitrogens with two attached hydrogens (primary N) is 2. The molecule has 1 aliphatic carbocycles. The van der Waals surface area contributed by atoms with Crippen LogP contribution in [0, 0.1) is 5.82 Å². The summed E-state index contributed by atoms with van der Waals surface area (Å²) in [5.74, 6) is -1.12. The van der Waals surface area contributed by atoms with Crippen molar-refractivity contribution in [3.63, 3.8) is 0 Å². The predicted octanol–water partition coefficient (Wildman–Crippen LogP) is 4.44. The molecule has 0 aliphatic heterocycles. The molecule has 0 bridgehead atoms. The molecular formula is C28H27FN6O3. The minimum atomic E-state index is -0.855. The molecule has 0 saturated heterocycles. The molecule has 1 aliphatic rings. The minimum absolute atomic E-state index is 0.123. The zero-order valence-electron chi connectivity index (χ0n) is 20.6. The van der Waals surface area contributed by atoms with Crippen LogP contribution < -0.4 is 21.5 Å². The van der Waals surface area contributed by atoms with Crippen LogP contribution in [0.15, 0.2) is 72.6 Å². The van der Waals surface area contributed by atoms with E-state index in [1.165, 1.54) is 12.1 Å². The van der Waals surface area contributed by atoms with E-state index in [4.69, 9.17) is 21.2 Å². The van der Waals surface area contributed by atoms with Crippen molar-refractivity contribution < 1.29 is 19.0 Å². The van der Waals surface area contributed by atoms with Gasteiger partial charge in [0.15, 0.2) is 11.6 Å². The second-order valence-electron chi connectivity index (χ2n) is 8.90. The fourth-order valence-corrected chi connectivity index (χ4v) is 4.66. The van der Waals surface area contributed by atoms with Gasteiger partial charge < -0.3 is 31.6 Å². The van der Waals surface area contributed by atoms with Gasteiger partial charge in [-0.1, -0.05) is 18.2 Å². The van der Waals surface area contributed by atoms with E-state index in [2.05, 4.69) is 15.3 Å². The van der Waals surface area contributed by atoms with Crippen LogP contribution in [0.4, 0.5) is 15.9 Å². The number of ether oxygens (including phenoxy) is 1. The summed E-state index contributed by atoms with van der Waals surface area (Å²) in [6, 6.07) is 9.24. The molecule has 0 fully saturated rings. The number of aromatic amines is 1. The van der Waals surface area contributed by atoms with Gasteiger partial charge in [0.1, 0.15) is 23.4 Å². The van der Waals surface area contributed by atoms with Crippen LogP contribution in [0.1, 0.15) is 42.4 Å². The highest BCUT2D eigenvalue weighted by Crippen LogP contribution is 2.37. The molecule has 10 heteroatoms. The highest BCUT2D eigenvalue weighted by Gasteiger charge is 2.28. The number of benzene rings is 2. The average molecular weight is 515 g/mol. The van der Waals surface area contributed by atoms with E-state index in [0.29, 0.717) is 47.4 Å². The average Bonchev–Trinajstić information content (AvgIpc) is 3.39. The number of aromatic hydroxyl groups is 1. The Morgan fingerprint density at radius 2 is 2.16 bits per heavy atom. The maximum Gasteiger partial charge on any atom is 0.245 e. The number of nitrogens with one attached hydrogen (secondary N) is 2. The number of halogens is 1. The highest BCUT2D eigenvalue weighted by atomic mass is 19.1. The van der Waals surface area contributed by atoms with E-state index in [1.54, 1.807) is 37.5 Å². The quantitative estimate of drug-likeness (QED) is 0.233. The third kappa shape index (κ3) is 4.75. The molecule has 9 nitrogen and oxygen atoms in total. The predicted molar refractivity (Wildman–Crippen MR) is 143 cm³/mol. The first-order valence-corrected chi connectivity index (χ1v) is 12.1. The lowest BCUT2D eigenvalue weighted by Crippen LogP contribution is -2.21. The number of imidazole rings is 1. The highest BCUT2D eigenvalue weighted by molar-refractivity contribution is 5.94. The number of amides is 1. The number of anilines is 2. The Bertz CT molecular complexity index is 1580. The maximum atomic E-state index is 15.4. The zero-order valence-corrected chi connectivity index (χ0v) is 20.6. The second-order valence-corrected chi connectivity index (χ2v) is 8.90. The molecule has 2 aromatic carbocycles. The molecule has 2 aromatic heterocycles. The normalized spacial score (nSPS) is 15.7. The van der Waals surface area contributed by atoms with Crippen molar-refractivity contribution in [2.75, 3.05) is 17.7 Å². The summed E-state index contributed by atoms with van der Waals surface area (Å²) in [5, 5.41) is 15.3. The minimum Gasteiger partial charge on any atom is -0.505 e. The van der Waals surface area contributed by atoms with Crippen LogP contribution in [0.2, 0.25) is 0 Å². The lowest BCUT2D eigenvalue weighted by atomic mass is 9.88. The second kappa shape index (κ2) is 10.3. The Labute approximate surface area is 218 Å². The largest absolute Gasteiger partial charge is 0.505 e. The summed E-state index contributed by atoms with van der Waals surface area (Å²) in [4.78, 5) is 24.0. The van der Waals surface area contributed by atoms with Crippen molar-refractivity contribution in [2.45, 2.75) is 25.3 Å². The number of hydrogen-bond acceptors (Lipinski definition) is 7. The Hall–Kier alpha value is -4.86. The number of phenols is 1. The number of nitrogens with zero attached hydrogens (tertiary/aromatic N) is 2. The number of carbonyl (C=O) groups excluding carboxylic acids is 1. The first kappa shape index (κ1) is 24.8. The molecule has 1 amide bonds. The first-order chi connectivity index (χ1) is 18.4. The lowest BCUT2D eigenvalue weighted by Gasteiger charge is -2.21. The van der Waals surface area contributed by atoms with Crippen molar-refractivity contribution in [1.82, 2.24) is 15.0 Å². The number of nitrogen functional groups attached to an aromatic ring is 1. The zero-order chi connectivity index (χ0) is 26.8. The smallest absolute Gasteiger partial charge is 0.245 e. The van der Waals surface area contributed by atoms with Crippen LogP contribution in [0.3, 0.4) is 0 Å².